The van der Waals surface area contributed by atoms with Crippen LogP contribution >= 0.6 is 0 Å². The maximum atomic E-state index is 12.4. The molecule has 0 fully saturated rings. The molecule has 0 bridgehead atoms. The number of carbonyl (C=O) groups excluding carboxylic acids is 1. The van der Waals surface area contributed by atoms with Crippen LogP contribution in [0.2, 0.25) is 0 Å². The monoisotopic (exact) mass is 237 g/mol. The number of amides is 1. The normalized spacial score (nSPS) is 13.4. The molecule has 0 atom stereocenters. The lowest BCUT2D eigenvalue weighted by Gasteiger charge is -2.17. The number of hydrogen-bond acceptors (Lipinski definition) is 1. The van der Waals surface area contributed by atoms with Gasteiger partial charge in [-0.15, -0.1) is 6.58 Å². The molecule has 0 aliphatic carbocycles. The van der Waals surface area contributed by atoms with Crippen LogP contribution in [0, 0.1) is 0 Å². The second kappa shape index (κ2) is 3.98. The summed E-state index contributed by atoms with van der Waals surface area (Å²) in [7, 11) is 0. The molecule has 0 spiro atoms. The Kier molecular flexibility index (Phi) is 2.44. The molecule has 1 heterocycles. The van der Waals surface area contributed by atoms with Crippen molar-refractivity contribution in [2.75, 3.05) is 11.4 Å². The van der Waals surface area contributed by atoms with Crippen LogP contribution in [0.5, 0.6) is 0 Å². The van der Waals surface area contributed by atoms with Crippen LogP contribution in [-0.2, 0) is 0 Å². The highest BCUT2D eigenvalue weighted by Gasteiger charge is 2.28. The number of hydrogen-bond donors (Lipinski definition) is 0. The molecule has 0 aromatic heterocycles. The first-order valence-corrected chi connectivity index (χ1v) is 6.16. The number of anilines is 1. The molecular weight excluding hydrogens is 222 g/mol. The molecule has 90 valence electrons. The summed E-state index contributed by atoms with van der Waals surface area (Å²) < 4.78 is 0. The van der Waals surface area contributed by atoms with Crippen LogP contribution in [0.3, 0.4) is 0 Å². The van der Waals surface area contributed by atoms with E-state index in [1.165, 1.54) is 0 Å². The Morgan fingerprint density at radius 3 is 2.67 bits per heavy atom. The van der Waals surface area contributed by atoms with E-state index >= 15 is 0 Å². The van der Waals surface area contributed by atoms with Crippen molar-refractivity contribution in [2.24, 2.45) is 0 Å². The Labute approximate surface area is 107 Å². The summed E-state index contributed by atoms with van der Waals surface area (Å²) in [6, 6.07) is 12.0. The Hall–Kier alpha value is -2.09. The summed E-state index contributed by atoms with van der Waals surface area (Å²) in [5.74, 6) is 0.114. The van der Waals surface area contributed by atoms with Crippen LogP contribution in [0.25, 0.3) is 10.8 Å². The van der Waals surface area contributed by atoms with E-state index in [2.05, 4.69) is 18.7 Å². The summed E-state index contributed by atoms with van der Waals surface area (Å²) in [6.07, 6.45) is 0.843. The van der Waals surface area contributed by atoms with Gasteiger partial charge in [0.05, 0.1) is 5.69 Å². The van der Waals surface area contributed by atoms with Crippen LogP contribution < -0.4 is 4.90 Å². The van der Waals surface area contributed by atoms with Crippen molar-refractivity contribution in [2.45, 2.75) is 13.3 Å². The zero-order chi connectivity index (χ0) is 12.7. The van der Waals surface area contributed by atoms with Crippen molar-refractivity contribution in [1.29, 1.82) is 0 Å². The number of nitrogens with zero attached hydrogens (tertiary/aromatic N) is 1. The van der Waals surface area contributed by atoms with Crippen molar-refractivity contribution in [3.05, 3.63) is 54.1 Å². The Balaban J connectivity index is 2.10. The van der Waals surface area contributed by atoms with E-state index in [0.29, 0.717) is 6.54 Å². The van der Waals surface area contributed by atoms with Gasteiger partial charge in [-0.1, -0.05) is 29.8 Å². The van der Waals surface area contributed by atoms with E-state index in [9.17, 15) is 4.79 Å². The molecular formula is C16H15NO. The first-order chi connectivity index (χ1) is 8.68. The number of rotatable bonds is 3. The first-order valence-electron chi connectivity index (χ1n) is 6.16. The van der Waals surface area contributed by atoms with Gasteiger partial charge in [0, 0.05) is 17.5 Å². The fraction of sp³-hybridized carbons (Fsp3) is 0.188. The minimum atomic E-state index is 0.114. The highest BCUT2D eigenvalue weighted by atomic mass is 16.2. The van der Waals surface area contributed by atoms with E-state index in [-0.39, 0.29) is 5.91 Å². The number of benzene rings is 2. The van der Waals surface area contributed by atoms with E-state index in [1.54, 1.807) is 0 Å². The zero-order valence-corrected chi connectivity index (χ0v) is 10.4. The molecule has 2 heteroatoms. The van der Waals surface area contributed by atoms with E-state index in [4.69, 9.17) is 0 Å². The van der Waals surface area contributed by atoms with Gasteiger partial charge in [-0.25, -0.2) is 0 Å². The maximum absolute atomic E-state index is 12.4. The second-order valence-corrected chi connectivity index (χ2v) is 4.84. The Morgan fingerprint density at radius 1 is 1.22 bits per heavy atom. The van der Waals surface area contributed by atoms with Crippen LogP contribution in [0.4, 0.5) is 5.69 Å². The standard InChI is InChI=1S/C16H15NO/c1-11(2)9-10-17-14-8-4-6-12-5-3-7-13(15(12)14)16(17)18/h3-8H,1,9-10H2,2H3. The molecule has 3 rings (SSSR count). The third-order valence-corrected chi connectivity index (χ3v) is 3.41. The predicted molar refractivity (Wildman–Crippen MR) is 75.1 cm³/mol. The third-order valence-electron chi connectivity index (χ3n) is 3.41. The lowest BCUT2D eigenvalue weighted by molar-refractivity contribution is 0.0993. The van der Waals surface area contributed by atoms with E-state index in [1.807, 2.05) is 36.1 Å². The van der Waals surface area contributed by atoms with Crippen molar-refractivity contribution >= 4 is 22.4 Å². The van der Waals surface area contributed by atoms with Crippen molar-refractivity contribution in [3.63, 3.8) is 0 Å². The molecule has 0 N–H and O–H groups in total. The van der Waals surface area contributed by atoms with Gasteiger partial charge in [0.25, 0.3) is 5.91 Å². The first kappa shape index (κ1) is 11.0. The minimum absolute atomic E-state index is 0.114. The van der Waals surface area contributed by atoms with Gasteiger partial charge in [0.15, 0.2) is 0 Å². The molecule has 18 heavy (non-hydrogen) atoms. The van der Waals surface area contributed by atoms with Crippen LogP contribution in [0.15, 0.2) is 48.6 Å². The summed E-state index contributed by atoms with van der Waals surface area (Å²) in [6.45, 7) is 6.61. The average molecular weight is 237 g/mol. The third kappa shape index (κ3) is 1.53. The van der Waals surface area contributed by atoms with Gasteiger partial charge in [0.2, 0.25) is 0 Å². The average Bonchev–Trinajstić information content (AvgIpc) is 2.63. The summed E-state index contributed by atoms with van der Waals surface area (Å²) in [5, 5.41) is 2.22. The van der Waals surface area contributed by atoms with Gasteiger partial charge in [0.1, 0.15) is 0 Å². The van der Waals surface area contributed by atoms with Crippen molar-refractivity contribution in [1.82, 2.24) is 0 Å². The van der Waals surface area contributed by atoms with E-state index in [0.717, 1.165) is 34.0 Å². The Bertz CT molecular complexity index is 652. The lowest BCUT2D eigenvalue weighted by atomic mass is 10.1. The van der Waals surface area contributed by atoms with Crippen LogP contribution in [-0.4, -0.2) is 12.5 Å². The smallest absolute Gasteiger partial charge is 0.259 e. The number of carbonyl (C=O) groups is 1. The molecule has 0 saturated heterocycles. The summed E-state index contributed by atoms with van der Waals surface area (Å²) >= 11 is 0. The van der Waals surface area contributed by atoms with Crippen molar-refractivity contribution < 1.29 is 4.79 Å². The predicted octanol–water partition coefficient (Wildman–Crippen LogP) is 3.77. The second-order valence-electron chi connectivity index (χ2n) is 4.84. The molecule has 2 aromatic rings. The van der Waals surface area contributed by atoms with Gasteiger partial charge >= 0.3 is 0 Å². The fourth-order valence-electron chi connectivity index (χ4n) is 2.50. The topological polar surface area (TPSA) is 20.3 Å². The zero-order valence-electron chi connectivity index (χ0n) is 10.4. The largest absolute Gasteiger partial charge is 0.307 e. The highest BCUT2D eigenvalue weighted by molar-refractivity contribution is 6.24. The Morgan fingerprint density at radius 2 is 1.94 bits per heavy atom. The molecule has 1 aliphatic heterocycles. The van der Waals surface area contributed by atoms with Gasteiger partial charge in [-0.2, -0.15) is 0 Å². The maximum Gasteiger partial charge on any atom is 0.259 e. The SMILES string of the molecule is C=C(C)CCN1C(=O)c2cccc3cccc1c23. The molecule has 0 saturated carbocycles. The van der Waals surface area contributed by atoms with Gasteiger partial charge in [-0.3, -0.25) is 4.79 Å². The minimum Gasteiger partial charge on any atom is -0.307 e. The summed E-state index contributed by atoms with van der Waals surface area (Å²) in [5.41, 5.74) is 2.96. The van der Waals surface area contributed by atoms with Gasteiger partial charge in [-0.05, 0) is 30.9 Å². The van der Waals surface area contributed by atoms with Crippen molar-refractivity contribution in [3.8, 4) is 0 Å². The molecule has 0 unspecified atom stereocenters. The van der Waals surface area contributed by atoms with Crippen LogP contribution in [0.1, 0.15) is 23.7 Å². The quantitative estimate of drug-likeness (QED) is 0.744. The molecule has 1 amide bonds. The lowest BCUT2D eigenvalue weighted by Crippen LogP contribution is -2.27. The molecule has 2 aromatic carbocycles. The molecule has 2 nitrogen and oxygen atoms in total. The molecule has 1 aliphatic rings. The summed E-state index contributed by atoms with van der Waals surface area (Å²) in [4.78, 5) is 14.3. The van der Waals surface area contributed by atoms with E-state index < -0.39 is 0 Å². The van der Waals surface area contributed by atoms with Gasteiger partial charge < -0.3 is 4.90 Å². The molecule has 0 radical (unpaired) electrons. The highest BCUT2D eigenvalue weighted by Crippen LogP contribution is 2.37. The fourth-order valence-corrected chi connectivity index (χ4v) is 2.50.